The van der Waals surface area contributed by atoms with Crippen LogP contribution in [0.3, 0.4) is 0 Å². The maximum atomic E-state index is 13.7. The Morgan fingerprint density at radius 1 is 0.872 bits per heavy atom. The largest absolute Gasteiger partial charge is 0.465 e. The van der Waals surface area contributed by atoms with Crippen LogP contribution >= 0.6 is 34.3 Å². The number of ether oxygens (including phenoxy) is 2. The van der Waals surface area contributed by atoms with Gasteiger partial charge in [-0.3, -0.25) is 14.5 Å². The second-order valence-electron chi connectivity index (χ2n) is 11.5. The highest BCUT2D eigenvalue weighted by Crippen LogP contribution is 2.40. The molecule has 0 unspecified atom stereocenters. The van der Waals surface area contributed by atoms with Crippen molar-refractivity contribution in [3.8, 4) is 0 Å². The topological polar surface area (TPSA) is 93.2 Å². The molecule has 1 aromatic carbocycles. The zero-order chi connectivity index (χ0) is 33.2. The first-order valence-corrected chi connectivity index (χ1v) is 17.4. The van der Waals surface area contributed by atoms with Crippen LogP contribution in [0.5, 0.6) is 0 Å². The summed E-state index contributed by atoms with van der Waals surface area (Å²) in [7, 11) is 1.31. The second kappa shape index (κ2) is 13.9. The maximum Gasteiger partial charge on any atom is 0.341 e. The summed E-state index contributed by atoms with van der Waals surface area (Å²) in [5.41, 5.74) is 2.51. The third-order valence-electron chi connectivity index (χ3n) is 8.61. The summed E-state index contributed by atoms with van der Waals surface area (Å²) in [6.45, 7) is 3.46. The van der Waals surface area contributed by atoms with Gasteiger partial charge in [0.15, 0.2) is 0 Å². The number of methoxy groups -OCH3 is 1. The number of esters is 2. The Kier molecular flexibility index (Phi) is 9.63. The Hall–Kier alpha value is -4.25. The number of thiophene rings is 2. The summed E-state index contributed by atoms with van der Waals surface area (Å²) in [5, 5.41) is 2.28. The number of halogens is 1. The average Bonchev–Trinajstić information content (AvgIpc) is 3.85. The number of para-hydroxylation sites is 1. The Balaban J connectivity index is 1.24. The standard InChI is InChI=1S/C36H33ClN2O6S2/c1-21-31(35(42)44-3)28(33(40)38(21)23-10-5-4-6-11-23)19-25-15-16-26(47-25)20-45-36(43)32-22(2)39(30-14-8-7-13-29(30)37)34(41)27(32)18-24-12-9-17-46-24/h7-9,12-19,23H,4-6,10-11,20H2,1-3H3/b27-18-,28-19-. The predicted octanol–water partition coefficient (Wildman–Crippen LogP) is 7.92. The van der Waals surface area contributed by atoms with Crippen LogP contribution in [0.15, 0.2) is 87.6 Å². The van der Waals surface area contributed by atoms with Gasteiger partial charge >= 0.3 is 11.9 Å². The number of nitrogens with zero attached hydrogens (tertiary/aromatic N) is 2. The van der Waals surface area contributed by atoms with E-state index in [9.17, 15) is 19.2 Å². The fourth-order valence-electron chi connectivity index (χ4n) is 6.39. The fraction of sp³-hybridized carbons (Fsp3) is 0.278. The number of carbonyl (C=O) groups is 4. The molecule has 0 saturated heterocycles. The van der Waals surface area contributed by atoms with Crippen molar-refractivity contribution in [3.63, 3.8) is 0 Å². The van der Waals surface area contributed by atoms with E-state index in [0.29, 0.717) is 27.7 Å². The van der Waals surface area contributed by atoms with Gasteiger partial charge in [-0.25, -0.2) is 9.59 Å². The minimum atomic E-state index is -0.637. The van der Waals surface area contributed by atoms with E-state index in [2.05, 4.69) is 0 Å². The molecule has 3 aromatic rings. The van der Waals surface area contributed by atoms with Crippen LogP contribution < -0.4 is 4.90 Å². The van der Waals surface area contributed by atoms with Gasteiger partial charge in [-0.2, -0.15) is 0 Å². The summed E-state index contributed by atoms with van der Waals surface area (Å²) in [4.78, 5) is 59.3. The Morgan fingerprint density at radius 2 is 1.57 bits per heavy atom. The van der Waals surface area contributed by atoms with Crippen molar-refractivity contribution in [1.82, 2.24) is 4.90 Å². The van der Waals surface area contributed by atoms with Crippen LogP contribution in [0.4, 0.5) is 5.69 Å². The van der Waals surface area contributed by atoms with Crippen molar-refractivity contribution in [1.29, 1.82) is 0 Å². The molecule has 11 heteroatoms. The van der Waals surface area contributed by atoms with E-state index in [1.165, 1.54) is 34.7 Å². The van der Waals surface area contributed by atoms with Gasteiger partial charge in [-0.1, -0.05) is 49.1 Å². The van der Waals surface area contributed by atoms with Crippen molar-refractivity contribution in [2.24, 2.45) is 0 Å². The lowest BCUT2D eigenvalue weighted by atomic mass is 9.94. The lowest BCUT2D eigenvalue weighted by Gasteiger charge is -2.32. The molecule has 1 saturated carbocycles. The minimum Gasteiger partial charge on any atom is -0.465 e. The number of hydrogen-bond acceptors (Lipinski definition) is 8. The third-order valence-corrected chi connectivity index (χ3v) is 10.8. The number of amides is 2. The Morgan fingerprint density at radius 3 is 2.28 bits per heavy atom. The van der Waals surface area contributed by atoms with Gasteiger partial charge < -0.3 is 14.4 Å². The molecule has 0 bridgehead atoms. The fourth-order valence-corrected chi connectivity index (χ4v) is 8.14. The Labute approximate surface area is 286 Å². The normalized spacial score (nSPS) is 19.1. The molecule has 6 rings (SSSR count). The van der Waals surface area contributed by atoms with Crippen LogP contribution in [0, 0.1) is 0 Å². The summed E-state index contributed by atoms with van der Waals surface area (Å²) in [6.07, 6.45) is 8.47. The second-order valence-corrected chi connectivity index (χ2v) is 14.1. The summed E-state index contributed by atoms with van der Waals surface area (Å²) < 4.78 is 10.8. The molecule has 47 heavy (non-hydrogen) atoms. The molecule has 0 atom stereocenters. The number of carbonyl (C=O) groups excluding carboxylic acids is 4. The monoisotopic (exact) mass is 688 g/mol. The number of rotatable bonds is 8. The maximum absolute atomic E-state index is 13.7. The van der Waals surface area contributed by atoms with Gasteiger partial charge in [0, 0.05) is 32.1 Å². The molecule has 3 aliphatic rings. The first kappa shape index (κ1) is 32.7. The zero-order valence-electron chi connectivity index (χ0n) is 26.2. The van der Waals surface area contributed by atoms with Crippen molar-refractivity contribution in [2.75, 3.05) is 12.0 Å². The van der Waals surface area contributed by atoms with Gasteiger partial charge in [0.2, 0.25) is 0 Å². The zero-order valence-corrected chi connectivity index (χ0v) is 28.6. The molecule has 4 heterocycles. The van der Waals surface area contributed by atoms with Crippen molar-refractivity contribution in [2.45, 2.75) is 58.6 Å². The summed E-state index contributed by atoms with van der Waals surface area (Å²) in [6, 6.07) is 14.4. The van der Waals surface area contributed by atoms with E-state index >= 15 is 0 Å². The van der Waals surface area contributed by atoms with Crippen molar-refractivity contribution >= 4 is 75.9 Å². The molecule has 8 nitrogen and oxygen atoms in total. The van der Waals surface area contributed by atoms with Crippen LogP contribution in [0.25, 0.3) is 12.2 Å². The molecular weight excluding hydrogens is 656 g/mol. The highest BCUT2D eigenvalue weighted by molar-refractivity contribution is 7.12. The highest BCUT2D eigenvalue weighted by atomic mass is 35.5. The van der Waals surface area contributed by atoms with Gasteiger partial charge in [0.05, 0.1) is 40.1 Å². The lowest BCUT2D eigenvalue weighted by molar-refractivity contribution is -0.140. The van der Waals surface area contributed by atoms with E-state index < -0.39 is 11.9 Å². The van der Waals surface area contributed by atoms with E-state index in [0.717, 1.165) is 46.7 Å². The molecule has 2 aliphatic heterocycles. The van der Waals surface area contributed by atoms with E-state index in [1.54, 1.807) is 55.2 Å². The van der Waals surface area contributed by atoms with Gasteiger partial charge in [0.1, 0.15) is 6.61 Å². The average molecular weight is 689 g/mol. The Bertz CT molecular complexity index is 1880. The lowest BCUT2D eigenvalue weighted by Crippen LogP contribution is -2.37. The van der Waals surface area contributed by atoms with Crippen LogP contribution in [-0.4, -0.2) is 41.8 Å². The molecule has 1 fully saturated rings. The van der Waals surface area contributed by atoms with E-state index in [1.807, 2.05) is 29.6 Å². The van der Waals surface area contributed by atoms with Gasteiger partial charge in [-0.05, 0) is 74.6 Å². The molecule has 2 aromatic heterocycles. The van der Waals surface area contributed by atoms with Gasteiger partial charge in [-0.15, -0.1) is 22.7 Å². The SMILES string of the molecule is COC(=O)C1=C(C)N(C2CCCCC2)C(=O)/C1=C\c1ccc(COC(=O)C2=C(C)N(c3ccccc3Cl)C(=O)/C2=C\c2cccs2)s1. The molecule has 1 aliphatic carbocycles. The highest BCUT2D eigenvalue weighted by Gasteiger charge is 2.41. The van der Waals surface area contributed by atoms with Crippen molar-refractivity contribution < 1.29 is 28.7 Å². The molecular formula is C36H33ClN2O6S2. The summed E-state index contributed by atoms with van der Waals surface area (Å²) >= 11 is 9.25. The number of anilines is 1. The molecule has 0 spiro atoms. The van der Waals surface area contributed by atoms with Crippen LogP contribution in [0.2, 0.25) is 5.02 Å². The summed E-state index contributed by atoms with van der Waals surface area (Å²) in [5.74, 6) is -1.74. The first-order valence-electron chi connectivity index (χ1n) is 15.4. The number of allylic oxidation sites excluding steroid dienone is 2. The van der Waals surface area contributed by atoms with E-state index in [-0.39, 0.29) is 41.2 Å². The molecule has 0 radical (unpaired) electrons. The smallest absolute Gasteiger partial charge is 0.341 e. The predicted molar refractivity (Wildman–Crippen MR) is 184 cm³/mol. The van der Waals surface area contributed by atoms with Gasteiger partial charge in [0.25, 0.3) is 11.8 Å². The van der Waals surface area contributed by atoms with Crippen LogP contribution in [0.1, 0.15) is 60.6 Å². The molecule has 0 N–H and O–H groups in total. The molecule has 242 valence electrons. The minimum absolute atomic E-state index is 0.0448. The van der Waals surface area contributed by atoms with E-state index in [4.69, 9.17) is 21.1 Å². The van der Waals surface area contributed by atoms with Crippen molar-refractivity contribution in [3.05, 3.63) is 107 Å². The first-order chi connectivity index (χ1) is 22.7. The number of hydrogen-bond donors (Lipinski definition) is 0. The van der Waals surface area contributed by atoms with Crippen LogP contribution in [-0.2, 0) is 35.3 Å². The molecule has 2 amide bonds. The number of benzene rings is 1. The third kappa shape index (κ3) is 6.37. The quantitative estimate of drug-likeness (QED) is 0.176.